The minimum atomic E-state index is -2.27. The Kier molecular flexibility index (Phi) is 33.5. The third-order valence-electron chi connectivity index (χ3n) is 19.1. The van der Waals surface area contributed by atoms with Gasteiger partial charge in [-0.3, -0.25) is 19.2 Å². The van der Waals surface area contributed by atoms with Crippen molar-refractivity contribution in [2.45, 2.75) is 247 Å². The zero-order valence-electron chi connectivity index (χ0n) is 55.8. The lowest BCUT2D eigenvalue weighted by Gasteiger charge is -2.50. The quantitative estimate of drug-likeness (QED) is 0.0340. The number of aliphatic carboxylic acids is 2. The summed E-state index contributed by atoms with van der Waals surface area (Å²) in [5, 5.41) is 240. The van der Waals surface area contributed by atoms with Crippen LogP contribution in [0.25, 0.3) is 0 Å². The van der Waals surface area contributed by atoms with E-state index in [2.05, 4.69) is 5.32 Å². The van der Waals surface area contributed by atoms with Gasteiger partial charge >= 0.3 is 11.9 Å². The highest BCUT2D eigenvalue weighted by Gasteiger charge is 2.60. The van der Waals surface area contributed by atoms with Gasteiger partial charge in [0.05, 0.1) is 83.7 Å². The Morgan fingerprint density at radius 3 is 1.05 bits per heavy atom. The average Bonchev–Trinajstić information content (AvgIpc) is 0.785. The van der Waals surface area contributed by atoms with E-state index >= 15 is 0 Å². The van der Waals surface area contributed by atoms with Crippen molar-refractivity contribution in [1.82, 2.24) is 5.32 Å². The average molecular weight is 1540 g/mol. The Labute approximate surface area is 596 Å². The zero-order chi connectivity index (χ0) is 75.4. The molecular formula is C60H99NO40S2. The number of carbonyl (C=O) groups excluding carboxylic acids is 2. The molecule has 21 rings (SSSR count). The molecule has 0 aromatic rings. The van der Waals surface area contributed by atoms with Gasteiger partial charge in [-0.05, 0) is 32.1 Å². The van der Waals surface area contributed by atoms with Crippen LogP contribution >= 0.6 is 23.5 Å². The van der Waals surface area contributed by atoms with Crippen LogP contribution < -0.4 is 5.32 Å². The van der Waals surface area contributed by atoms with Crippen molar-refractivity contribution >= 4 is 47.0 Å². The summed E-state index contributed by atoms with van der Waals surface area (Å²) in [6.07, 6.45) is -69.8. The van der Waals surface area contributed by atoms with Gasteiger partial charge in [-0.15, -0.1) is 0 Å². The highest BCUT2D eigenvalue weighted by Crippen LogP contribution is 2.41. The van der Waals surface area contributed by atoms with E-state index in [0.717, 1.165) is 23.5 Å². The standard InChI is InChI=1S/C60H99NO40S2/c1-20(67)3-5-87-7-8-88-6-4-23(68)9-22(53(83)84)17-102-16-21-10-25-32(69)33(70)46(21)96-55-41(78)35(72)48(27(12-63)91-55)98-57-42(79)36(73)49(28(13-64)92-57)99-58-43(80)37(74)51(30(15-66)93-58)100-60-45(82)39(76)52(31(95-60)19-103-18-24(61-2)54(85)86)101-59-44(81)38(75)50(29(14-65)94-59)97-56-40(77)34(71)47(89-25)26(11-62)90-56/h21-22,24-52,55-66,69-82H,3-19H2,1-2H3,(H,83,84)(H,85,86)/t21?,22-,24-,25+,26?,27?,28?,29?,30?,31?,32?,33-,34-,35-,36-,37-,38-,39-,40?,41?,42?,43?,44?,45?,46-,47-,48-,49-,50-,51-,52-,55-,56+,57-,58-,59+,60+/m1/s1. The van der Waals surface area contributed by atoms with Crippen LogP contribution in [-0.4, -0.2) is 435 Å². The fraction of sp³-hybridized carbons (Fsp3) is 0.933. The number of rotatable bonds is 27. The minimum absolute atomic E-state index is 0.0710. The topological polar surface area (TPSA) is 644 Å². The number of hydrogen-bond acceptors (Lipinski definition) is 41. The van der Waals surface area contributed by atoms with Crippen LogP contribution in [0.5, 0.6) is 0 Å². The van der Waals surface area contributed by atoms with Crippen LogP contribution in [0, 0.1) is 11.8 Å². The number of ketones is 2. The van der Waals surface area contributed by atoms with Gasteiger partial charge in [0.15, 0.2) is 37.7 Å². The van der Waals surface area contributed by atoms with Gasteiger partial charge in [-0.25, -0.2) is 0 Å². The number of carboxylic acid groups (broad SMARTS) is 2. The zero-order valence-corrected chi connectivity index (χ0v) is 57.5. The fourth-order valence-electron chi connectivity index (χ4n) is 13.1. The molecule has 20 heterocycles. The smallest absolute Gasteiger partial charge is 0.321 e. The molecule has 0 aromatic heterocycles. The molecule has 22 N–H and O–H groups in total. The first kappa shape index (κ1) is 86.2. The molecule has 43 heteroatoms. The Morgan fingerprint density at radius 2 is 0.709 bits per heavy atom. The van der Waals surface area contributed by atoms with Crippen LogP contribution in [0.1, 0.15) is 32.6 Å². The molecule has 14 bridgehead atoms. The molecule has 0 amide bonds. The van der Waals surface area contributed by atoms with E-state index < -0.39 is 290 Å². The highest BCUT2D eigenvalue weighted by molar-refractivity contribution is 7.99. The van der Waals surface area contributed by atoms with E-state index in [1.165, 1.54) is 14.0 Å². The molecular weight excluding hydrogens is 1440 g/mol. The lowest BCUT2D eigenvalue weighted by atomic mass is 9.81. The van der Waals surface area contributed by atoms with Crippen molar-refractivity contribution in [3.63, 3.8) is 0 Å². The SMILES string of the molecule is CN[C@H](CSCC1O[C@H]2O[C@@H]3C(CO)O[C@H](O[C@@H]4C(CO)O[C@H](O[C@@H]5C(CO)O[C@H](O[C@@H]6C(CSC[C@@H](CC(=O)CCOCCOCCC(C)=O)C(=O)O)C[C@H](O[C@@H]7C(CO)O[C@@H](O[C@@H]8C(CO)O[C@@H](O[C@H]1[C@H](O)C2O)C(O)[C@H]8O)C(O)[C@H]7O)C(O)[C@H]6O)C(O)[C@H]5O)C(O)[C@H]4O)C(O)[C@H]3O)C(=O)O. The van der Waals surface area contributed by atoms with Crippen LogP contribution in [0.15, 0.2) is 0 Å². The maximum atomic E-state index is 13.1. The summed E-state index contributed by atoms with van der Waals surface area (Å²) in [6, 6.07) is -1.18. The summed E-state index contributed by atoms with van der Waals surface area (Å²) >= 11 is 1.79. The lowest BCUT2D eigenvalue weighted by molar-refractivity contribution is -0.394. The van der Waals surface area contributed by atoms with E-state index in [-0.39, 0.29) is 68.1 Å². The summed E-state index contributed by atoms with van der Waals surface area (Å²) < 4.78 is 87.8. The molecule has 0 aromatic carbocycles. The van der Waals surface area contributed by atoms with Crippen molar-refractivity contribution in [2.24, 2.45) is 11.8 Å². The van der Waals surface area contributed by atoms with Crippen molar-refractivity contribution < 1.29 is 197 Å². The monoisotopic (exact) mass is 1540 g/mol. The number of carboxylic acids is 2. The second-order valence-corrected chi connectivity index (χ2v) is 28.4. The van der Waals surface area contributed by atoms with Gasteiger partial charge in [0.2, 0.25) is 0 Å². The summed E-state index contributed by atoms with van der Waals surface area (Å²) in [5.74, 6) is -6.80. The van der Waals surface area contributed by atoms with Crippen LogP contribution in [0.2, 0.25) is 0 Å². The number of thioether (sulfide) groups is 2. The summed E-state index contributed by atoms with van der Waals surface area (Å²) in [6.45, 7) is -3.72. The molecule has 37 atom stereocenters. The maximum absolute atomic E-state index is 13.1. The first-order chi connectivity index (χ1) is 49.0. The molecule has 1 aliphatic carbocycles. The Bertz CT molecular complexity index is 2610. The predicted molar refractivity (Wildman–Crippen MR) is 335 cm³/mol. The minimum Gasteiger partial charge on any atom is -0.481 e. The number of carbonyl (C=O) groups is 4. The predicted octanol–water partition coefficient (Wildman–Crippen LogP) is -12.4. The van der Waals surface area contributed by atoms with E-state index in [4.69, 9.17) is 71.1 Å². The second-order valence-electron chi connectivity index (χ2n) is 26.2. The maximum Gasteiger partial charge on any atom is 0.321 e. The van der Waals surface area contributed by atoms with Crippen molar-refractivity contribution in [1.29, 1.82) is 0 Å². The molecule has 1 saturated carbocycles. The molecule has 21 aliphatic rings. The molecule has 14 unspecified atom stereocenters. The molecule has 41 nitrogen and oxygen atoms in total. The van der Waals surface area contributed by atoms with E-state index in [9.17, 15) is 126 Å². The van der Waals surface area contributed by atoms with E-state index in [1.807, 2.05) is 0 Å². The van der Waals surface area contributed by atoms with Crippen molar-refractivity contribution in [3.05, 3.63) is 0 Å². The number of aliphatic hydroxyl groups is 19. The highest BCUT2D eigenvalue weighted by atomic mass is 32.2. The third-order valence-corrected chi connectivity index (χ3v) is 21.5. The van der Waals surface area contributed by atoms with Crippen molar-refractivity contribution in [2.75, 3.05) is 89.5 Å². The van der Waals surface area contributed by atoms with Crippen LogP contribution in [0.3, 0.4) is 0 Å². The number of aliphatic hydroxyl groups excluding tert-OH is 19. The molecule has 0 radical (unpaired) electrons. The van der Waals surface area contributed by atoms with Gasteiger partial charge in [-0.1, -0.05) is 0 Å². The number of hydrogen-bond donors (Lipinski definition) is 22. The first-order valence-electron chi connectivity index (χ1n) is 33.6. The molecule has 21 fully saturated rings. The Balaban J connectivity index is 1.08. The van der Waals surface area contributed by atoms with Gasteiger partial charge in [0.25, 0.3) is 0 Å². The number of Topliss-reactive ketones (excluding diaryl/α,β-unsaturated/α-hetero) is 2. The Morgan fingerprint density at radius 1 is 0.388 bits per heavy atom. The second kappa shape index (κ2) is 40.0. The summed E-state index contributed by atoms with van der Waals surface area (Å²) in [7, 11) is 1.35. The van der Waals surface area contributed by atoms with Gasteiger partial charge in [0.1, 0.15) is 170 Å². The number of nitrogens with one attached hydrogen (secondary N) is 1. The number of ether oxygens (including phenoxy) is 15. The summed E-state index contributed by atoms with van der Waals surface area (Å²) in [4.78, 5) is 48.8. The van der Waals surface area contributed by atoms with Crippen LogP contribution in [0.4, 0.5) is 0 Å². The molecule has 0 spiro atoms. The van der Waals surface area contributed by atoms with Crippen LogP contribution in [-0.2, 0) is 90.2 Å². The van der Waals surface area contributed by atoms with Gasteiger partial charge < -0.3 is 184 Å². The summed E-state index contributed by atoms with van der Waals surface area (Å²) in [5.41, 5.74) is 0. The normalized spacial score (nSPS) is 44.9. The largest absolute Gasteiger partial charge is 0.481 e. The number of likely N-dealkylation sites (N-methyl/N-ethyl adjacent to an activating group) is 1. The van der Waals surface area contributed by atoms with E-state index in [1.54, 1.807) is 0 Å². The Hall–Kier alpha value is -2.42. The third kappa shape index (κ3) is 21.0. The van der Waals surface area contributed by atoms with Crippen molar-refractivity contribution in [3.8, 4) is 0 Å². The van der Waals surface area contributed by atoms with E-state index in [0.29, 0.717) is 0 Å². The fourth-order valence-corrected chi connectivity index (χ4v) is 15.6. The first-order valence-corrected chi connectivity index (χ1v) is 35.9. The lowest BCUT2D eigenvalue weighted by Crippen LogP contribution is -2.68. The van der Waals surface area contributed by atoms with Gasteiger partial charge in [-0.2, -0.15) is 23.5 Å². The van der Waals surface area contributed by atoms with Gasteiger partial charge in [0, 0.05) is 36.5 Å². The molecule has 20 saturated heterocycles. The molecule has 596 valence electrons. The molecule has 103 heavy (non-hydrogen) atoms. The molecule has 20 aliphatic heterocycles.